The number of hydrogen-bond donors (Lipinski definition) is 2. The summed E-state index contributed by atoms with van der Waals surface area (Å²) in [6, 6.07) is 3.01. The summed E-state index contributed by atoms with van der Waals surface area (Å²) in [6.45, 7) is 3.31. The number of ether oxygens (including phenoxy) is 1. The van der Waals surface area contributed by atoms with Gasteiger partial charge in [0.05, 0.1) is 27.9 Å². The SMILES string of the molecule is CCCOC(=O)C(=CNc1ccc(Cl)c(C(=O)NC)c1Cl)C(C)=O. The van der Waals surface area contributed by atoms with Gasteiger partial charge in [-0.05, 0) is 25.5 Å². The van der Waals surface area contributed by atoms with Crippen molar-refractivity contribution in [3.63, 3.8) is 0 Å². The average molecular weight is 373 g/mol. The van der Waals surface area contributed by atoms with Crippen molar-refractivity contribution >= 4 is 46.5 Å². The van der Waals surface area contributed by atoms with E-state index >= 15 is 0 Å². The number of halogens is 2. The molecule has 0 saturated heterocycles. The standard InChI is InChI=1S/C16H18Cl2N2O4/c1-4-7-24-16(23)10(9(2)21)8-20-12-6-5-11(17)13(14(12)18)15(22)19-3/h5-6,8,20H,4,7H2,1-3H3,(H,19,22). The van der Waals surface area contributed by atoms with E-state index in [-0.39, 0.29) is 27.8 Å². The van der Waals surface area contributed by atoms with Crippen LogP contribution < -0.4 is 10.6 Å². The van der Waals surface area contributed by atoms with Crippen LogP contribution in [0, 0.1) is 0 Å². The Hall–Kier alpha value is -2.05. The van der Waals surface area contributed by atoms with Gasteiger partial charge in [-0.1, -0.05) is 30.1 Å². The molecule has 1 aromatic rings. The van der Waals surface area contributed by atoms with Crippen molar-refractivity contribution in [2.24, 2.45) is 0 Å². The second-order valence-corrected chi connectivity index (χ2v) is 5.54. The van der Waals surface area contributed by atoms with E-state index < -0.39 is 17.7 Å². The molecule has 0 aliphatic carbocycles. The van der Waals surface area contributed by atoms with E-state index in [1.54, 1.807) is 0 Å². The van der Waals surface area contributed by atoms with Gasteiger partial charge in [0.1, 0.15) is 5.57 Å². The van der Waals surface area contributed by atoms with Gasteiger partial charge in [0.25, 0.3) is 5.91 Å². The molecule has 0 aliphatic rings. The summed E-state index contributed by atoms with van der Waals surface area (Å²) < 4.78 is 4.95. The highest BCUT2D eigenvalue weighted by molar-refractivity contribution is 6.41. The van der Waals surface area contributed by atoms with Crippen LogP contribution in [-0.4, -0.2) is 31.3 Å². The van der Waals surface area contributed by atoms with E-state index in [1.807, 2.05) is 6.92 Å². The van der Waals surface area contributed by atoms with Gasteiger partial charge in [-0.2, -0.15) is 0 Å². The summed E-state index contributed by atoms with van der Waals surface area (Å²) in [4.78, 5) is 35.3. The maximum Gasteiger partial charge on any atom is 0.343 e. The van der Waals surface area contributed by atoms with Crippen LogP contribution in [0.1, 0.15) is 30.6 Å². The Morgan fingerprint density at radius 2 is 1.92 bits per heavy atom. The lowest BCUT2D eigenvalue weighted by atomic mass is 10.1. The van der Waals surface area contributed by atoms with Gasteiger partial charge in [0, 0.05) is 13.2 Å². The Balaban J connectivity index is 3.13. The first-order chi connectivity index (χ1) is 11.3. The molecule has 0 heterocycles. The molecule has 0 atom stereocenters. The van der Waals surface area contributed by atoms with Crippen molar-refractivity contribution < 1.29 is 19.1 Å². The van der Waals surface area contributed by atoms with Crippen LogP contribution in [0.4, 0.5) is 5.69 Å². The molecule has 130 valence electrons. The number of amides is 1. The summed E-state index contributed by atoms with van der Waals surface area (Å²) in [5.74, 6) is -1.64. The molecule has 2 N–H and O–H groups in total. The van der Waals surface area contributed by atoms with Crippen LogP contribution in [-0.2, 0) is 14.3 Å². The Kier molecular flexibility index (Phi) is 7.74. The number of anilines is 1. The lowest BCUT2D eigenvalue weighted by Crippen LogP contribution is -2.19. The summed E-state index contributed by atoms with van der Waals surface area (Å²) >= 11 is 12.2. The molecular formula is C16H18Cl2N2O4. The molecule has 0 aliphatic heterocycles. The number of esters is 1. The summed E-state index contributed by atoms with van der Waals surface area (Å²) in [7, 11) is 1.45. The minimum absolute atomic E-state index is 0.0722. The number of ketones is 1. The van der Waals surface area contributed by atoms with E-state index in [4.69, 9.17) is 27.9 Å². The molecule has 8 heteroatoms. The number of hydrogen-bond acceptors (Lipinski definition) is 5. The zero-order valence-electron chi connectivity index (χ0n) is 13.5. The topological polar surface area (TPSA) is 84.5 Å². The number of rotatable bonds is 7. The van der Waals surface area contributed by atoms with Crippen molar-refractivity contribution in [2.75, 3.05) is 19.0 Å². The predicted molar refractivity (Wildman–Crippen MR) is 93.5 cm³/mol. The van der Waals surface area contributed by atoms with Gasteiger partial charge in [-0.15, -0.1) is 0 Å². The molecule has 1 amide bonds. The third kappa shape index (κ3) is 4.97. The van der Waals surface area contributed by atoms with Crippen LogP contribution in [0.25, 0.3) is 0 Å². The third-order valence-electron chi connectivity index (χ3n) is 2.95. The molecule has 1 aromatic carbocycles. The van der Waals surface area contributed by atoms with E-state index in [1.165, 1.54) is 32.3 Å². The number of benzene rings is 1. The number of carbonyl (C=O) groups excluding carboxylic acids is 3. The molecule has 0 saturated carbocycles. The van der Waals surface area contributed by atoms with E-state index in [0.717, 1.165) is 0 Å². The maximum absolute atomic E-state index is 11.9. The fourth-order valence-electron chi connectivity index (χ4n) is 1.72. The first-order valence-corrected chi connectivity index (χ1v) is 7.93. The van der Waals surface area contributed by atoms with E-state index in [9.17, 15) is 14.4 Å². The highest BCUT2D eigenvalue weighted by atomic mass is 35.5. The largest absolute Gasteiger partial charge is 0.462 e. The zero-order chi connectivity index (χ0) is 18.3. The quantitative estimate of drug-likeness (QED) is 0.332. The minimum atomic E-state index is -0.728. The Morgan fingerprint density at radius 3 is 2.46 bits per heavy atom. The van der Waals surface area contributed by atoms with Gasteiger partial charge in [0.15, 0.2) is 5.78 Å². The van der Waals surface area contributed by atoms with Crippen molar-refractivity contribution in [1.29, 1.82) is 0 Å². The van der Waals surface area contributed by atoms with Gasteiger partial charge in [0.2, 0.25) is 0 Å². The lowest BCUT2D eigenvalue weighted by molar-refractivity contribution is -0.140. The average Bonchev–Trinajstić information content (AvgIpc) is 2.54. The van der Waals surface area contributed by atoms with Gasteiger partial charge in [-0.25, -0.2) is 4.79 Å². The van der Waals surface area contributed by atoms with Crippen LogP contribution in [0.2, 0.25) is 10.0 Å². The molecule has 0 fully saturated rings. The molecule has 24 heavy (non-hydrogen) atoms. The first-order valence-electron chi connectivity index (χ1n) is 7.18. The molecule has 0 radical (unpaired) electrons. The Labute approximate surface area is 150 Å². The number of carbonyl (C=O) groups is 3. The monoisotopic (exact) mass is 372 g/mol. The molecule has 6 nitrogen and oxygen atoms in total. The summed E-state index contributed by atoms with van der Waals surface area (Å²) in [5.41, 5.74) is 0.259. The van der Waals surface area contributed by atoms with E-state index in [0.29, 0.717) is 12.1 Å². The van der Waals surface area contributed by atoms with Crippen LogP contribution in [0.5, 0.6) is 0 Å². The van der Waals surface area contributed by atoms with Crippen LogP contribution >= 0.6 is 23.2 Å². The Bertz CT molecular complexity index is 687. The molecule has 0 aromatic heterocycles. The highest BCUT2D eigenvalue weighted by Crippen LogP contribution is 2.31. The van der Waals surface area contributed by atoms with Crippen LogP contribution in [0.3, 0.4) is 0 Å². The Morgan fingerprint density at radius 1 is 1.25 bits per heavy atom. The highest BCUT2D eigenvalue weighted by Gasteiger charge is 2.18. The number of Topliss-reactive ketones (excluding diaryl/α,β-unsaturated/α-hetero) is 1. The van der Waals surface area contributed by atoms with Crippen molar-refractivity contribution in [3.05, 3.63) is 39.5 Å². The molecular weight excluding hydrogens is 355 g/mol. The minimum Gasteiger partial charge on any atom is -0.462 e. The van der Waals surface area contributed by atoms with E-state index in [2.05, 4.69) is 10.6 Å². The molecule has 0 bridgehead atoms. The normalized spacial score (nSPS) is 11.0. The lowest BCUT2D eigenvalue weighted by Gasteiger charge is -2.11. The van der Waals surface area contributed by atoms with Gasteiger partial charge >= 0.3 is 5.97 Å². The maximum atomic E-state index is 11.9. The van der Waals surface area contributed by atoms with Crippen molar-refractivity contribution in [3.8, 4) is 0 Å². The fraction of sp³-hybridized carbons (Fsp3) is 0.312. The molecule has 1 rings (SSSR count). The third-order valence-corrected chi connectivity index (χ3v) is 3.66. The second-order valence-electron chi connectivity index (χ2n) is 4.76. The van der Waals surface area contributed by atoms with Gasteiger partial charge < -0.3 is 15.4 Å². The zero-order valence-corrected chi connectivity index (χ0v) is 15.0. The fourth-order valence-corrected chi connectivity index (χ4v) is 2.32. The predicted octanol–water partition coefficient (Wildman–Crippen LogP) is 3.19. The summed E-state index contributed by atoms with van der Waals surface area (Å²) in [6.07, 6.45) is 1.84. The summed E-state index contributed by atoms with van der Waals surface area (Å²) in [5, 5.41) is 5.43. The molecule has 0 unspecified atom stereocenters. The van der Waals surface area contributed by atoms with Gasteiger partial charge in [-0.3, -0.25) is 9.59 Å². The van der Waals surface area contributed by atoms with Crippen molar-refractivity contribution in [1.82, 2.24) is 5.32 Å². The van der Waals surface area contributed by atoms with Crippen LogP contribution in [0.15, 0.2) is 23.9 Å². The first kappa shape index (κ1) is 20.0. The second kappa shape index (κ2) is 9.30. The molecule has 0 spiro atoms. The van der Waals surface area contributed by atoms with Crippen molar-refractivity contribution in [2.45, 2.75) is 20.3 Å². The number of nitrogens with one attached hydrogen (secondary N) is 2. The smallest absolute Gasteiger partial charge is 0.343 e.